The van der Waals surface area contributed by atoms with Crippen molar-refractivity contribution in [3.8, 4) is 0 Å². The zero-order chi connectivity index (χ0) is 35.0. The van der Waals surface area contributed by atoms with E-state index in [0.717, 1.165) is 30.7 Å². The molecule has 9 atom stereocenters. The lowest BCUT2D eigenvalue weighted by atomic mass is 9.32. The summed E-state index contributed by atoms with van der Waals surface area (Å²) in [6, 6.07) is 7.67. The van der Waals surface area contributed by atoms with Crippen LogP contribution in [0.3, 0.4) is 0 Å². The van der Waals surface area contributed by atoms with Gasteiger partial charge in [-0.15, -0.1) is 0 Å². The number of hydrogen-bond acceptors (Lipinski definition) is 4. The first-order valence-corrected chi connectivity index (χ1v) is 20.0. The molecule has 270 valence electrons. The van der Waals surface area contributed by atoms with Crippen LogP contribution in [0.2, 0.25) is 0 Å². The first-order valence-electron chi connectivity index (χ1n) is 20.0. The maximum Gasteiger partial charge on any atom is 0.335 e. The first-order chi connectivity index (χ1) is 23.2. The Morgan fingerprint density at radius 2 is 1.61 bits per heavy atom. The number of nitrogens with zero attached hydrogens (tertiary/aromatic N) is 2. The molecule has 49 heavy (non-hydrogen) atoms. The summed E-state index contributed by atoms with van der Waals surface area (Å²) in [5.41, 5.74) is 5.88. The number of likely N-dealkylation sites (N-methyl/N-ethyl adjacent to an activating group) is 1. The van der Waals surface area contributed by atoms with Gasteiger partial charge < -0.3 is 15.3 Å². The predicted molar refractivity (Wildman–Crippen MR) is 203 cm³/mol. The summed E-state index contributed by atoms with van der Waals surface area (Å²) < 4.78 is 0. The van der Waals surface area contributed by atoms with Gasteiger partial charge in [-0.1, -0.05) is 65.0 Å². The van der Waals surface area contributed by atoms with Gasteiger partial charge in [-0.2, -0.15) is 0 Å². The van der Waals surface area contributed by atoms with E-state index in [4.69, 9.17) is 0 Å². The van der Waals surface area contributed by atoms with Crippen molar-refractivity contribution in [2.75, 3.05) is 52.9 Å². The molecule has 5 aliphatic carbocycles. The minimum atomic E-state index is -0.851. The monoisotopic (exact) mass is 670 g/mol. The van der Waals surface area contributed by atoms with Crippen molar-refractivity contribution in [3.05, 3.63) is 53.6 Å². The average molecular weight is 670 g/mol. The molecule has 6 aliphatic rings. The van der Waals surface area contributed by atoms with Crippen molar-refractivity contribution >= 4 is 11.5 Å². The predicted octanol–water partition coefficient (Wildman–Crippen LogP) is 8.87. The van der Waals surface area contributed by atoms with E-state index in [9.17, 15) is 9.90 Å². The van der Waals surface area contributed by atoms with Crippen LogP contribution in [0, 0.1) is 56.7 Å². The van der Waals surface area contributed by atoms with E-state index in [1.165, 1.54) is 107 Å². The Morgan fingerprint density at radius 1 is 0.898 bits per heavy atom. The summed E-state index contributed by atoms with van der Waals surface area (Å²) in [6.07, 6.45) is 14.5. The van der Waals surface area contributed by atoms with Crippen LogP contribution in [-0.4, -0.2) is 73.7 Å². The second-order valence-electron chi connectivity index (χ2n) is 19.3. The van der Waals surface area contributed by atoms with Crippen LogP contribution >= 0.6 is 0 Å². The molecule has 1 aliphatic heterocycles. The van der Waals surface area contributed by atoms with Gasteiger partial charge >= 0.3 is 5.97 Å². The second-order valence-corrected chi connectivity index (χ2v) is 19.3. The van der Waals surface area contributed by atoms with Gasteiger partial charge in [0.1, 0.15) is 0 Å². The lowest BCUT2D eigenvalue weighted by Gasteiger charge is -2.72. The highest BCUT2D eigenvalue weighted by atomic mass is 16.4. The molecule has 0 radical (unpaired) electrons. The number of benzene rings is 1. The molecule has 2 N–H and O–H groups in total. The van der Waals surface area contributed by atoms with Crippen LogP contribution in [0.5, 0.6) is 0 Å². The summed E-state index contributed by atoms with van der Waals surface area (Å²) >= 11 is 0. The fourth-order valence-electron chi connectivity index (χ4n) is 14.1. The van der Waals surface area contributed by atoms with Gasteiger partial charge in [-0.05, 0) is 152 Å². The smallest absolute Gasteiger partial charge is 0.335 e. The molecule has 5 heteroatoms. The maximum absolute atomic E-state index is 11.6. The van der Waals surface area contributed by atoms with Crippen molar-refractivity contribution in [1.29, 1.82) is 0 Å². The van der Waals surface area contributed by atoms with E-state index in [2.05, 4.69) is 76.4 Å². The summed E-state index contributed by atoms with van der Waals surface area (Å²) in [5.74, 6) is 2.71. The van der Waals surface area contributed by atoms with Crippen molar-refractivity contribution in [3.63, 3.8) is 0 Å². The van der Waals surface area contributed by atoms with Crippen LogP contribution < -0.4 is 5.32 Å². The zero-order valence-corrected chi connectivity index (χ0v) is 32.0. The first kappa shape index (κ1) is 35.5. The van der Waals surface area contributed by atoms with Crippen LogP contribution in [-0.2, 0) is 0 Å². The van der Waals surface area contributed by atoms with E-state index in [0.29, 0.717) is 33.6 Å². The Kier molecular flexibility index (Phi) is 9.13. The van der Waals surface area contributed by atoms with Gasteiger partial charge in [-0.3, -0.25) is 4.90 Å². The SMILES string of the molecule is C=C(C)C1CCC2(CNCCN3CCN(C)CC3)CCC3(C)C(CCC4C5(C)CC=C(c6ccc(C(=O)O)cc6)C(C)(C)C5CCC43C)C12. The van der Waals surface area contributed by atoms with E-state index in [1.54, 1.807) is 12.1 Å². The van der Waals surface area contributed by atoms with E-state index < -0.39 is 5.97 Å². The highest BCUT2D eigenvalue weighted by Crippen LogP contribution is 2.77. The fraction of sp³-hybridized carbons (Fsp3) is 0.750. The highest BCUT2D eigenvalue weighted by Gasteiger charge is 2.70. The number of carbonyl (C=O) groups is 1. The lowest BCUT2D eigenvalue weighted by Crippen LogP contribution is -2.66. The van der Waals surface area contributed by atoms with Gasteiger partial charge in [0.05, 0.1) is 5.56 Å². The number of carboxylic acid groups (broad SMARTS) is 1. The van der Waals surface area contributed by atoms with Crippen LogP contribution in [0.1, 0.15) is 115 Å². The minimum Gasteiger partial charge on any atom is -0.478 e. The summed E-state index contributed by atoms with van der Waals surface area (Å²) in [6.45, 7) is 28.5. The van der Waals surface area contributed by atoms with Crippen molar-refractivity contribution < 1.29 is 9.90 Å². The van der Waals surface area contributed by atoms with Gasteiger partial charge in [0.2, 0.25) is 0 Å². The highest BCUT2D eigenvalue weighted by molar-refractivity contribution is 5.88. The normalized spacial score (nSPS) is 41.9. The Hall–Kier alpha value is -1.95. The molecule has 0 bridgehead atoms. The van der Waals surface area contributed by atoms with Gasteiger partial charge in [0.15, 0.2) is 0 Å². The lowest BCUT2D eigenvalue weighted by molar-refractivity contribution is -0.225. The third kappa shape index (κ3) is 5.54. The topological polar surface area (TPSA) is 55.8 Å². The second kappa shape index (κ2) is 12.6. The van der Waals surface area contributed by atoms with Crippen molar-refractivity contribution in [2.45, 2.75) is 99.3 Å². The third-order valence-electron chi connectivity index (χ3n) is 16.9. The number of rotatable bonds is 8. The Labute approximate surface area is 298 Å². The number of carboxylic acids is 1. The molecule has 7 rings (SSSR count). The standard InChI is InChI=1S/C44H67N3O2/c1-30(2)33-15-20-44(29-45-23-24-47-27-25-46(8)26-28-47)22-21-42(6)35(38(33)44)13-14-37-41(5)18-16-34(31-9-11-32(12-10-31)39(48)49)40(3,4)36(41)17-19-43(37,42)7/h9-12,16,33,35-38,45H,1,13-15,17-29H2,2-8H3,(H,48,49). The molecular formula is C44H67N3O2. The zero-order valence-electron chi connectivity index (χ0n) is 32.0. The molecule has 0 aromatic heterocycles. The molecular weight excluding hydrogens is 603 g/mol. The molecule has 1 aromatic carbocycles. The molecule has 1 saturated heterocycles. The molecule has 5 fully saturated rings. The Bertz CT molecular complexity index is 1460. The van der Waals surface area contributed by atoms with Gasteiger partial charge in [-0.25, -0.2) is 4.79 Å². The van der Waals surface area contributed by atoms with Crippen molar-refractivity contribution in [2.24, 2.45) is 56.7 Å². The molecule has 1 aromatic rings. The molecule has 9 unspecified atom stereocenters. The molecule has 0 spiro atoms. The number of nitrogens with one attached hydrogen (secondary N) is 1. The summed E-state index contributed by atoms with van der Waals surface area (Å²) in [5, 5.41) is 13.6. The molecule has 4 saturated carbocycles. The van der Waals surface area contributed by atoms with Gasteiger partial charge in [0.25, 0.3) is 0 Å². The van der Waals surface area contributed by atoms with Crippen LogP contribution in [0.4, 0.5) is 0 Å². The quantitative estimate of drug-likeness (QED) is 0.214. The number of hydrogen-bond donors (Lipinski definition) is 2. The number of aromatic carboxylic acids is 1. The summed E-state index contributed by atoms with van der Waals surface area (Å²) in [7, 11) is 2.25. The Balaban J connectivity index is 1.13. The number of allylic oxidation sites excluding steroid dienone is 3. The van der Waals surface area contributed by atoms with E-state index >= 15 is 0 Å². The maximum atomic E-state index is 11.6. The summed E-state index contributed by atoms with van der Waals surface area (Å²) in [4.78, 5) is 16.7. The van der Waals surface area contributed by atoms with Gasteiger partial charge in [0, 0.05) is 45.8 Å². The third-order valence-corrected chi connectivity index (χ3v) is 16.9. The molecule has 1 heterocycles. The number of piperazine rings is 1. The largest absolute Gasteiger partial charge is 0.478 e. The van der Waals surface area contributed by atoms with E-state index in [-0.39, 0.29) is 10.8 Å². The number of fused-ring (bicyclic) bond motifs is 7. The van der Waals surface area contributed by atoms with E-state index in [1.807, 2.05) is 12.1 Å². The fourth-order valence-corrected chi connectivity index (χ4v) is 14.1. The van der Waals surface area contributed by atoms with Crippen LogP contribution in [0.15, 0.2) is 42.5 Å². The Morgan fingerprint density at radius 3 is 2.29 bits per heavy atom. The molecule has 5 nitrogen and oxygen atoms in total. The average Bonchev–Trinajstić information content (AvgIpc) is 3.44. The van der Waals surface area contributed by atoms with Crippen molar-refractivity contribution in [1.82, 2.24) is 15.1 Å². The van der Waals surface area contributed by atoms with Crippen LogP contribution in [0.25, 0.3) is 5.57 Å². The minimum absolute atomic E-state index is 0.0465. The molecule has 0 amide bonds.